The van der Waals surface area contributed by atoms with Gasteiger partial charge in [0.1, 0.15) is 6.61 Å². The fourth-order valence-electron chi connectivity index (χ4n) is 2.07. The molecule has 1 unspecified atom stereocenters. The van der Waals surface area contributed by atoms with Crippen molar-refractivity contribution in [3.63, 3.8) is 0 Å². The van der Waals surface area contributed by atoms with E-state index >= 15 is 0 Å². The maximum atomic E-state index is 11.8. The van der Waals surface area contributed by atoms with Crippen LogP contribution in [0, 0.1) is 5.92 Å². The third kappa shape index (κ3) is 5.70. The predicted octanol–water partition coefficient (Wildman–Crippen LogP) is 1.52. The van der Waals surface area contributed by atoms with Gasteiger partial charge < -0.3 is 14.4 Å². The third-order valence-electron chi connectivity index (χ3n) is 3.05. The Morgan fingerprint density at radius 3 is 3.00 bits per heavy atom. The molecule has 1 aliphatic heterocycles. The van der Waals surface area contributed by atoms with Gasteiger partial charge in [0, 0.05) is 26.1 Å². The van der Waals surface area contributed by atoms with Gasteiger partial charge >= 0.3 is 0 Å². The molecule has 1 saturated heterocycles. The molecular weight excluding hydrogens is 242 g/mol. The average Bonchev–Trinajstić information content (AvgIpc) is 2.35. The van der Waals surface area contributed by atoms with E-state index < -0.39 is 0 Å². The van der Waals surface area contributed by atoms with Crippen molar-refractivity contribution in [2.24, 2.45) is 5.92 Å². The Balaban J connectivity index is 2.21. The number of halogens is 1. The molecule has 0 spiro atoms. The molecule has 0 aliphatic carbocycles. The van der Waals surface area contributed by atoms with Gasteiger partial charge in [0.15, 0.2) is 0 Å². The SMILES string of the molecule is COCCOCC(=O)N1CCCC(CCCl)C1. The lowest BCUT2D eigenvalue weighted by atomic mass is 9.95. The zero-order chi connectivity index (χ0) is 12.5. The molecule has 1 heterocycles. The topological polar surface area (TPSA) is 38.8 Å². The maximum Gasteiger partial charge on any atom is 0.248 e. The minimum Gasteiger partial charge on any atom is -0.382 e. The molecule has 0 bridgehead atoms. The normalized spacial score (nSPS) is 20.6. The number of carbonyl (C=O) groups excluding carboxylic acids is 1. The van der Waals surface area contributed by atoms with Crippen LogP contribution in [0.15, 0.2) is 0 Å². The molecule has 0 N–H and O–H groups in total. The highest BCUT2D eigenvalue weighted by molar-refractivity contribution is 6.17. The minimum absolute atomic E-state index is 0.0837. The number of alkyl halides is 1. The van der Waals surface area contributed by atoms with Crippen LogP contribution in [0.2, 0.25) is 0 Å². The van der Waals surface area contributed by atoms with E-state index in [2.05, 4.69) is 0 Å². The number of piperidine rings is 1. The van der Waals surface area contributed by atoms with Crippen LogP contribution in [-0.4, -0.2) is 56.7 Å². The second-order valence-corrected chi connectivity index (χ2v) is 4.75. The quantitative estimate of drug-likeness (QED) is 0.516. The molecule has 100 valence electrons. The van der Waals surface area contributed by atoms with Gasteiger partial charge in [-0.25, -0.2) is 0 Å². The molecule has 1 atom stereocenters. The molecule has 17 heavy (non-hydrogen) atoms. The van der Waals surface area contributed by atoms with Gasteiger partial charge in [0.2, 0.25) is 5.91 Å². The Morgan fingerprint density at radius 2 is 2.29 bits per heavy atom. The fraction of sp³-hybridized carbons (Fsp3) is 0.917. The number of likely N-dealkylation sites (tertiary alicyclic amines) is 1. The van der Waals surface area contributed by atoms with E-state index in [1.165, 1.54) is 6.42 Å². The van der Waals surface area contributed by atoms with Crippen molar-refractivity contribution >= 4 is 17.5 Å². The molecule has 0 radical (unpaired) electrons. The minimum atomic E-state index is 0.0837. The second-order valence-electron chi connectivity index (χ2n) is 4.37. The Morgan fingerprint density at radius 1 is 1.47 bits per heavy atom. The summed E-state index contributed by atoms with van der Waals surface area (Å²) in [4.78, 5) is 13.7. The largest absolute Gasteiger partial charge is 0.382 e. The van der Waals surface area contributed by atoms with Crippen molar-refractivity contribution in [2.75, 3.05) is 45.9 Å². The fourth-order valence-corrected chi connectivity index (χ4v) is 2.38. The summed E-state index contributed by atoms with van der Waals surface area (Å²) in [5.74, 6) is 1.32. The zero-order valence-electron chi connectivity index (χ0n) is 10.5. The van der Waals surface area contributed by atoms with Gasteiger partial charge in [-0.3, -0.25) is 4.79 Å². The third-order valence-corrected chi connectivity index (χ3v) is 3.26. The van der Waals surface area contributed by atoms with E-state index in [1.807, 2.05) is 4.90 Å². The molecule has 1 rings (SSSR count). The number of carbonyl (C=O) groups is 1. The number of hydrogen-bond acceptors (Lipinski definition) is 3. The van der Waals surface area contributed by atoms with E-state index in [4.69, 9.17) is 21.1 Å². The van der Waals surface area contributed by atoms with Gasteiger partial charge in [0.25, 0.3) is 0 Å². The first-order valence-corrected chi connectivity index (χ1v) is 6.71. The lowest BCUT2D eigenvalue weighted by Crippen LogP contribution is -2.42. The van der Waals surface area contributed by atoms with Crippen LogP contribution in [-0.2, 0) is 14.3 Å². The standard InChI is InChI=1S/C12H22ClNO3/c1-16-7-8-17-10-12(15)14-6-2-3-11(9-14)4-5-13/h11H,2-10H2,1H3. The smallest absolute Gasteiger partial charge is 0.248 e. The number of nitrogens with zero attached hydrogens (tertiary/aromatic N) is 1. The van der Waals surface area contributed by atoms with Gasteiger partial charge in [-0.05, 0) is 25.2 Å². The monoisotopic (exact) mass is 263 g/mol. The predicted molar refractivity (Wildman–Crippen MR) is 67.3 cm³/mol. The molecule has 5 heteroatoms. The maximum absolute atomic E-state index is 11.8. The van der Waals surface area contributed by atoms with Crippen molar-refractivity contribution in [3.8, 4) is 0 Å². The Hall–Kier alpha value is -0.320. The highest BCUT2D eigenvalue weighted by Crippen LogP contribution is 2.20. The summed E-state index contributed by atoms with van der Waals surface area (Å²) in [6, 6.07) is 0. The van der Waals surface area contributed by atoms with Gasteiger partial charge in [-0.1, -0.05) is 0 Å². The molecule has 1 amide bonds. The molecule has 0 aromatic heterocycles. The van der Waals surface area contributed by atoms with Crippen molar-refractivity contribution < 1.29 is 14.3 Å². The van der Waals surface area contributed by atoms with Crippen LogP contribution in [0.1, 0.15) is 19.3 Å². The Bertz CT molecular complexity index is 224. The van der Waals surface area contributed by atoms with Crippen LogP contribution >= 0.6 is 11.6 Å². The average molecular weight is 264 g/mol. The first-order valence-electron chi connectivity index (χ1n) is 6.18. The molecule has 1 fully saturated rings. The van der Waals surface area contributed by atoms with E-state index in [9.17, 15) is 4.79 Å². The second kappa shape index (κ2) is 8.72. The first-order chi connectivity index (χ1) is 8.27. The summed E-state index contributed by atoms with van der Waals surface area (Å²) < 4.78 is 10.1. The van der Waals surface area contributed by atoms with Crippen LogP contribution in [0.3, 0.4) is 0 Å². The van der Waals surface area contributed by atoms with Crippen molar-refractivity contribution in [1.29, 1.82) is 0 Å². The zero-order valence-corrected chi connectivity index (χ0v) is 11.2. The van der Waals surface area contributed by atoms with Crippen LogP contribution in [0.4, 0.5) is 0 Å². The number of methoxy groups -OCH3 is 1. The summed E-state index contributed by atoms with van der Waals surface area (Å²) in [5, 5.41) is 0. The summed E-state index contributed by atoms with van der Waals surface area (Å²) in [6.45, 7) is 2.85. The van der Waals surface area contributed by atoms with Crippen molar-refractivity contribution in [2.45, 2.75) is 19.3 Å². The molecular formula is C12H22ClNO3. The highest BCUT2D eigenvalue weighted by atomic mass is 35.5. The Kier molecular flexibility index (Phi) is 7.56. The van der Waals surface area contributed by atoms with Crippen LogP contribution < -0.4 is 0 Å². The van der Waals surface area contributed by atoms with Crippen LogP contribution in [0.25, 0.3) is 0 Å². The van der Waals surface area contributed by atoms with Crippen LogP contribution in [0.5, 0.6) is 0 Å². The first kappa shape index (κ1) is 14.7. The van der Waals surface area contributed by atoms with Gasteiger partial charge in [-0.2, -0.15) is 0 Å². The van der Waals surface area contributed by atoms with Gasteiger partial charge in [0.05, 0.1) is 13.2 Å². The summed E-state index contributed by atoms with van der Waals surface area (Å²) in [7, 11) is 1.62. The molecule has 0 saturated carbocycles. The Labute approximate surface area is 108 Å². The number of amides is 1. The lowest BCUT2D eigenvalue weighted by molar-refractivity contribution is -0.138. The van der Waals surface area contributed by atoms with E-state index in [-0.39, 0.29) is 12.5 Å². The van der Waals surface area contributed by atoms with E-state index in [1.54, 1.807) is 7.11 Å². The summed E-state index contributed by atoms with van der Waals surface area (Å²) in [5.41, 5.74) is 0. The number of rotatable bonds is 7. The lowest BCUT2D eigenvalue weighted by Gasteiger charge is -2.32. The molecule has 4 nitrogen and oxygen atoms in total. The molecule has 0 aromatic rings. The number of ether oxygens (including phenoxy) is 2. The van der Waals surface area contributed by atoms with E-state index in [0.717, 1.165) is 25.9 Å². The summed E-state index contributed by atoms with van der Waals surface area (Å²) >= 11 is 5.74. The van der Waals surface area contributed by atoms with E-state index in [0.29, 0.717) is 25.0 Å². The van der Waals surface area contributed by atoms with Crippen molar-refractivity contribution in [1.82, 2.24) is 4.90 Å². The van der Waals surface area contributed by atoms with Gasteiger partial charge in [-0.15, -0.1) is 11.6 Å². The van der Waals surface area contributed by atoms with Crippen molar-refractivity contribution in [3.05, 3.63) is 0 Å². The molecule has 0 aromatic carbocycles. The highest BCUT2D eigenvalue weighted by Gasteiger charge is 2.22. The summed E-state index contributed by atoms with van der Waals surface area (Å²) in [6.07, 6.45) is 3.25. The number of hydrogen-bond donors (Lipinski definition) is 0. The molecule has 1 aliphatic rings.